The van der Waals surface area contributed by atoms with Gasteiger partial charge in [0.2, 0.25) is 0 Å². The lowest BCUT2D eigenvalue weighted by molar-refractivity contribution is 0.0697. The van der Waals surface area contributed by atoms with Crippen molar-refractivity contribution >= 4 is 17.7 Å². The minimum atomic E-state index is -0.911. The number of ether oxygens (including phenoxy) is 1. The van der Waals surface area contributed by atoms with Crippen LogP contribution < -0.4 is 15.2 Å². The van der Waals surface area contributed by atoms with Gasteiger partial charge in [-0.1, -0.05) is 12.1 Å². The molecule has 1 saturated heterocycles. The molecule has 5 nitrogen and oxygen atoms in total. The van der Waals surface area contributed by atoms with E-state index in [0.29, 0.717) is 5.56 Å². The number of aromatic carboxylic acids is 1. The topological polar surface area (TPSA) is 61.8 Å². The van der Waals surface area contributed by atoms with E-state index >= 15 is 0 Å². The van der Waals surface area contributed by atoms with E-state index in [4.69, 9.17) is 9.84 Å². The number of carboxylic acids is 1. The molecule has 1 fully saturated rings. The molecule has 1 heterocycles. The Bertz CT molecular complexity index is 812. The van der Waals surface area contributed by atoms with Crippen LogP contribution in [0.4, 0.5) is 5.69 Å². The van der Waals surface area contributed by atoms with Gasteiger partial charge in [0.05, 0.1) is 30.9 Å². The summed E-state index contributed by atoms with van der Waals surface area (Å²) in [4.78, 5) is 10.9. The fraction of sp³-hybridized carbons (Fsp3) is 0.167. The van der Waals surface area contributed by atoms with E-state index in [0.717, 1.165) is 23.5 Å². The predicted molar refractivity (Wildman–Crippen MR) is 87.6 cm³/mol. The fourth-order valence-corrected chi connectivity index (χ4v) is 3.24. The third-order valence-electron chi connectivity index (χ3n) is 4.38. The number of carboxylic acid groups (broad SMARTS) is 1. The molecule has 2 aromatic rings. The van der Waals surface area contributed by atoms with Crippen molar-refractivity contribution in [3.63, 3.8) is 0 Å². The number of hydrogen-bond donors (Lipinski definition) is 2. The number of hydrazine groups is 1. The second-order valence-electron chi connectivity index (χ2n) is 5.68. The summed E-state index contributed by atoms with van der Waals surface area (Å²) < 4.78 is 5.43. The summed E-state index contributed by atoms with van der Waals surface area (Å²) in [6.07, 6.45) is 2.18. The van der Waals surface area contributed by atoms with Crippen LogP contribution in [-0.2, 0) is 0 Å². The maximum atomic E-state index is 10.9. The Hall–Kier alpha value is -2.79. The number of hydrogen-bond acceptors (Lipinski definition) is 4. The molecule has 0 radical (unpaired) electrons. The van der Waals surface area contributed by atoms with Crippen molar-refractivity contribution < 1.29 is 14.6 Å². The molecule has 1 aliphatic heterocycles. The van der Waals surface area contributed by atoms with Gasteiger partial charge in [0.15, 0.2) is 0 Å². The maximum absolute atomic E-state index is 10.9. The van der Waals surface area contributed by atoms with Gasteiger partial charge in [0, 0.05) is 5.56 Å². The third kappa shape index (κ3) is 2.17. The Kier molecular flexibility index (Phi) is 3.09. The highest BCUT2D eigenvalue weighted by Crippen LogP contribution is 2.42. The number of methoxy groups -OCH3 is 1. The summed E-state index contributed by atoms with van der Waals surface area (Å²) in [6, 6.07) is 13.1. The molecule has 2 aliphatic rings. The highest BCUT2D eigenvalue weighted by Gasteiger charge is 2.34. The molecule has 5 heteroatoms. The van der Waals surface area contributed by atoms with Crippen LogP contribution >= 0.6 is 0 Å². The van der Waals surface area contributed by atoms with Crippen molar-refractivity contribution in [1.82, 2.24) is 5.43 Å². The van der Waals surface area contributed by atoms with E-state index in [-0.39, 0.29) is 6.04 Å². The first-order chi connectivity index (χ1) is 11.2. The Morgan fingerprint density at radius 1 is 1.26 bits per heavy atom. The molecule has 1 aliphatic carbocycles. The van der Waals surface area contributed by atoms with Crippen LogP contribution in [0.15, 0.2) is 48.0 Å². The lowest BCUT2D eigenvalue weighted by Gasteiger charge is -2.20. The van der Waals surface area contributed by atoms with Gasteiger partial charge in [0.1, 0.15) is 5.75 Å². The Morgan fingerprint density at radius 3 is 2.74 bits per heavy atom. The van der Waals surface area contributed by atoms with E-state index in [1.807, 2.05) is 29.3 Å². The van der Waals surface area contributed by atoms with Crippen molar-refractivity contribution in [2.45, 2.75) is 6.04 Å². The molecule has 0 bridgehead atoms. The molecule has 23 heavy (non-hydrogen) atoms. The van der Waals surface area contributed by atoms with Crippen LogP contribution in [0.25, 0.3) is 6.08 Å². The SMILES string of the molecule is COc1cccc2c1C=C1CN(c3ccc(C(=O)O)cc3)NC12. The second-order valence-corrected chi connectivity index (χ2v) is 5.68. The smallest absolute Gasteiger partial charge is 0.335 e. The van der Waals surface area contributed by atoms with Crippen LogP contribution in [0, 0.1) is 0 Å². The molecule has 0 amide bonds. The van der Waals surface area contributed by atoms with Crippen molar-refractivity contribution in [3.05, 3.63) is 64.7 Å². The molecular weight excluding hydrogens is 292 g/mol. The summed E-state index contributed by atoms with van der Waals surface area (Å²) in [7, 11) is 1.69. The van der Waals surface area contributed by atoms with E-state index in [1.54, 1.807) is 19.2 Å². The summed E-state index contributed by atoms with van der Waals surface area (Å²) in [5, 5.41) is 11.0. The number of benzene rings is 2. The van der Waals surface area contributed by atoms with Gasteiger partial charge < -0.3 is 14.9 Å². The van der Waals surface area contributed by atoms with Gasteiger partial charge in [-0.15, -0.1) is 0 Å². The van der Waals surface area contributed by atoms with Crippen LogP contribution in [0.2, 0.25) is 0 Å². The normalized spacial score (nSPS) is 18.4. The van der Waals surface area contributed by atoms with Crippen LogP contribution in [0.1, 0.15) is 27.5 Å². The first kappa shape index (κ1) is 13.8. The van der Waals surface area contributed by atoms with Crippen molar-refractivity contribution in [2.24, 2.45) is 0 Å². The summed E-state index contributed by atoms with van der Waals surface area (Å²) >= 11 is 0. The lowest BCUT2D eigenvalue weighted by Crippen LogP contribution is -2.32. The number of rotatable bonds is 3. The molecule has 2 N–H and O–H groups in total. The molecule has 116 valence electrons. The van der Waals surface area contributed by atoms with Crippen molar-refractivity contribution in [2.75, 3.05) is 18.7 Å². The van der Waals surface area contributed by atoms with Crippen molar-refractivity contribution in [3.8, 4) is 5.75 Å². The molecule has 1 atom stereocenters. The first-order valence-electron chi connectivity index (χ1n) is 7.42. The van der Waals surface area contributed by atoms with Gasteiger partial charge in [-0.2, -0.15) is 0 Å². The average Bonchev–Trinajstić information content (AvgIpc) is 3.12. The maximum Gasteiger partial charge on any atom is 0.335 e. The summed E-state index contributed by atoms with van der Waals surface area (Å²) in [5.74, 6) is -0.0184. The zero-order valence-corrected chi connectivity index (χ0v) is 12.6. The minimum absolute atomic E-state index is 0.152. The van der Waals surface area contributed by atoms with Crippen LogP contribution in [0.5, 0.6) is 5.75 Å². The van der Waals surface area contributed by atoms with Crippen LogP contribution in [-0.4, -0.2) is 24.7 Å². The van der Waals surface area contributed by atoms with E-state index in [1.165, 1.54) is 11.1 Å². The van der Waals surface area contributed by atoms with Gasteiger partial charge in [-0.05, 0) is 47.5 Å². The predicted octanol–water partition coefficient (Wildman–Crippen LogP) is 2.86. The van der Waals surface area contributed by atoms with E-state index in [2.05, 4.69) is 17.6 Å². The number of carbonyl (C=O) groups is 1. The van der Waals surface area contributed by atoms with Crippen LogP contribution in [0.3, 0.4) is 0 Å². The molecule has 0 spiro atoms. The fourth-order valence-electron chi connectivity index (χ4n) is 3.24. The average molecular weight is 308 g/mol. The molecule has 4 rings (SSSR count). The molecule has 0 aromatic heterocycles. The zero-order valence-electron chi connectivity index (χ0n) is 12.6. The number of nitrogens with zero attached hydrogens (tertiary/aromatic N) is 1. The number of anilines is 1. The van der Waals surface area contributed by atoms with E-state index < -0.39 is 5.97 Å². The molecule has 1 unspecified atom stereocenters. The third-order valence-corrected chi connectivity index (χ3v) is 4.38. The highest BCUT2D eigenvalue weighted by atomic mass is 16.5. The summed E-state index contributed by atoms with van der Waals surface area (Å²) in [5.41, 5.74) is 8.37. The summed E-state index contributed by atoms with van der Waals surface area (Å²) in [6.45, 7) is 0.759. The highest BCUT2D eigenvalue weighted by molar-refractivity contribution is 5.88. The van der Waals surface area contributed by atoms with Gasteiger partial charge >= 0.3 is 5.97 Å². The van der Waals surface area contributed by atoms with Gasteiger partial charge in [0.25, 0.3) is 0 Å². The van der Waals surface area contributed by atoms with Crippen molar-refractivity contribution in [1.29, 1.82) is 0 Å². The number of nitrogens with one attached hydrogen (secondary N) is 1. The Labute approximate surface area is 133 Å². The van der Waals surface area contributed by atoms with Gasteiger partial charge in [-0.25, -0.2) is 10.2 Å². The Balaban J connectivity index is 1.61. The number of fused-ring (bicyclic) bond motifs is 3. The zero-order chi connectivity index (χ0) is 16.0. The molecule has 0 saturated carbocycles. The monoisotopic (exact) mass is 308 g/mol. The molecule has 2 aromatic carbocycles. The second kappa shape index (κ2) is 5.14. The Morgan fingerprint density at radius 2 is 2.04 bits per heavy atom. The first-order valence-corrected chi connectivity index (χ1v) is 7.42. The minimum Gasteiger partial charge on any atom is -0.496 e. The molecular formula is C18H16N2O3. The van der Waals surface area contributed by atoms with E-state index in [9.17, 15) is 4.79 Å². The lowest BCUT2D eigenvalue weighted by atomic mass is 10.1. The largest absolute Gasteiger partial charge is 0.496 e. The van der Waals surface area contributed by atoms with Gasteiger partial charge in [-0.3, -0.25) is 0 Å². The quantitative estimate of drug-likeness (QED) is 0.913. The standard InChI is InChI=1S/C18H16N2O3/c1-23-16-4-2-3-14-15(16)9-12-10-20(19-17(12)14)13-7-5-11(6-8-13)18(21)22/h2-9,17,19H,10H2,1H3,(H,21,22).